The number of anilines is 1. The van der Waals surface area contributed by atoms with Gasteiger partial charge in [0.25, 0.3) is 0 Å². The Morgan fingerprint density at radius 1 is 1.25 bits per heavy atom. The van der Waals surface area contributed by atoms with Crippen molar-refractivity contribution in [2.45, 2.75) is 6.54 Å². The Morgan fingerprint density at radius 2 is 2.00 bits per heavy atom. The summed E-state index contributed by atoms with van der Waals surface area (Å²) in [6.07, 6.45) is 1.45. The third-order valence-corrected chi connectivity index (χ3v) is 3.75. The molecule has 0 saturated heterocycles. The lowest BCUT2D eigenvalue weighted by atomic mass is 10.3. The maximum absolute atomic E-state index is 11.7. The van der Waals surface area contributed by atoms with Gasteiger partial charge >= 0.3 is 0 Å². The molecule has 20 heavy (non-hydrogen) atoms. The fraction of sp³-hybridized carbons (Fsp3) is 0.250. The van der Waals surface area contributed by atoms with E-state index >= 15 is 0 Å². The van der Waals surface area contributed by atoms with Crippen molar-refractivity contribution in [3.63, 3.8) is 0 Å². The third-order valence-electron chi connectivity index (χ3n) is 2.46. The highest BCUT2D eigenvalue weighted by Crippen LogP contribution is 2.12. The number of hydrogen-bond donors (Lipinski definition) is 2. The van der Waals surface area contributed by atoms with Crippen molar-refractivity contribution in [2.24, 2.45) is 0 Å². The van der Waals surface area contributed by atoms with Gasteiger partial charge in [-0.05, 0) is 24.3 Å². The molecule has 7 nitrogen and oxygen atoms in total. The molecule has 1 aromatic heterocycles. The van der Waals surface area contributed by atoms with Crippen molar-refractivity contribution < 1.29 is 17.7 Å². The molecular weight excluding hydrogens is 282 g/mol. The van der Waals surface area contributed by atoms with Crippen LogP contribution in [0.3, 0.4) is 0 Å². The van der Waals surface area contributed by atoms with E-state index < -0.39 is 10.0 Å². The van der Waals surface area contributed by atoms with Gasteiger partial charge in [0.2, 0.25) is 10.0 Å². The minimum atomic E-state index is -3.42. The molecule has 2 rings (SSSR count). The van der Waals surface area contributed by atoms with Gasteiger partial charge in [0.15, 0.2) is 5.76 Å². The van der Waals surface area contributed by atoms with Crippen LogP contribution < -0.4 is 15.2 Å². The van der Waals surface area contributed by atoms with E-state index in [-0.39, 0.29) is 18.9 Å². The summed E-state index contributed by atoms with van der Waals surface area (Å²) < 4.78 is 35.9. The number of nitrogens with zero attached hydrogens (tertiary/aromatic N) is 1. The van der Waals surface area contributed by atoms with Gasteiger partial charge in [0.05, 0.1) is 18.5 Å². The van der Waals surface area contributed by atoms with Crippen LogP contribution in [0.25, 0.3) is 0 Å². The Kier molecular flexibility index (Phi) is 4.59. The summed E-state index contributed by atoms with van der Waals surface area (Å²) in [4.78, 5) is 0. The second kappa shape index (κ2) is 6.40. The van der Waals surface area contributed by atoms with E-state index in [0.29, 0.717) is 17.2 Å². The van der Waals surface area contributed by atoms with Crippen molar-refractivity contribution in [1.82, 2.24) is 9.88 Å². The van der Waals surface area contributed by atoms with Gasteiger partial charge in [-0.2, -0.15) is 0 Å². The van der Waals surface area contributed by atoms with E-state index in [2.05, 4.69) is 9.88 Å². The Hall–Kier alpha value is -2.06. The van der Waals surface area contributed by atoms with Crippen molar-refractivity contribution in [2.75, 3.05) is 18.1 Å². The van der Waals surface area contributed by atoms with Crippen LogP contribution in [-0.4, -0.2) is 25.9 Å². The molecule has 0 fully saturated rings. The molecule has 0 bridgehead atoms. The van der Waals surface area contributed by atoms with Gasteiger partial charge in [-0.1, -0.05) is 5.16 Å². The summed E-state index contributed by atoms with van der Waals surface area (Å²) in [5.74, 6) is 0.878. The zero-order valence-electron chi connectivity index (χ0n) is 10.7. The molecular formula is C12H15N3O4S. The van der Waals surface area contributed by atoms with Gasteiger partial charge in [-0.25, -0.2) is 13.1 Å². The zero-order valence-corrected chi connectivity index (χ0v) is 11.5. The molecule has 3 N–H and O–H groups in total. The molecule has 108 valence electrons. The molecule has 0 radical (unpaired) electrons. The van der Waals surface area contributed by atoms with Crippen LogP contribution in [0.5, 0.6) is 5.75 Å². The molecule has 0 aliphatic carbocycles. The summed E-state index contributed by atoms with van der Waals surface area (Å²) in [7, 11) is -3.42. The lowest BCUT2D eigenvalue weighted by Gasteiger charge is -2.07. The van der Waals surface area contributed by atoms with Crippen LogP contribution in [0, 0.1) is 0 Å². The maximum Gasteiger partial charge on any atom is 0.215 e. The lowest BCUT2D eigenvalue weighted by molar-refractivity contribution is 0.340. The predicted octanol–water partition coefficient (Wildman–Crippen LogP) is 0.755. The van der Waals surface area contributed by atoms with Crippen molar-refractivity contribution >= 4 is 15.7 Å². The molecule has 1 aromatic carbocycles. The van der Waals surface area contributed by atoms with E-state index in [1.807, 2.05) is 0 Å². The largest absolute Gasteiger partial charge is 0.492 e. The van der Waals surface area contributed by atoms with E-state index in [1.165, 1.54) is 6.20 Å². The van der Waals surface area contributed by atoms with Crippen molar-refractivity contribution in [3.8, 4) is 5.75 Å². The third kappa shape index (κ3) is 4.56. The Labute approximate surface area is 116 Å². The number of nitrogens with two attached hydrogens (primary N) is 1. The highest BCUT2D eigenvalue weighted by molar-refractivity contribution is 7.89. The number of nitrogen functional groups attached to an aromatic ring is 1. The fourth-order valence-corrected chi connectivity index (χ4v) is 2.23. The van der Waals surface area contributed by atoms with Crippen LogP contribution in [0.2, 0.25) is 0 Å². The average Bonchev–Trinajstić information content (AvgIpc) is 2.92. The van der Waals surface area contributed by atoms with Crippen LogP contribution in [0.1, 0.15) is 5.76 Å². The molecule has 0 aliphatic heterocycles. The number of nitrogens with one attached hydrogen (secondary N) is 1. The van der Waals surface area contributed by atoms with E-state index in [1.54, 1.807) is 30.3 Å². The van der Waals surface area contributed by atoms with E-state index in [0.717, 1.165) is 0 Å². The number of benzene rings is 1. The highest BCUT2D eigenvalue weighted by Gasteiger charge is 2.11. The number of ether oxygens (including phenoxy) is 1. The van der Waals surface area contributed by atoms with Crippen LogP contribution >= 0.6 is 0 Å². The first-order valence-corrected chi connectivity index (χ1v) is 7.56. The molecule has 0 unspecified atom stereocenters. The molecule has 0 atom stereocenters. The van der Waals surface area contributed by atoms with Crippen LogP contribution in [-0.2, 0) is 16.6 Å². The number of aromatic nitrogens is 1. The first kappa shape index (κ1) is 14.4. The summed E-state index contributed by atoms with van der Waals surface area (Å²) in [6, 6.07) is 8.33. The summed E-state index contributed by atoms with van der Waals surface area (Å²) in [6.45, 7) is 0.125. The molecule has 1 heterocycles. The lowest BCUT2D eigenvalue weighted by Crippen LogP contribution is -2.28. The highest BCUT2D eigenvalue weighted by atomic mass is 32.2. The number of sulfonamides is 1. The van der Waals surface area contributed by atoms with Gasteiger partial charge in [0.1, 0.15) is 12.4 Å². The predicted molar refractivity (Wildman–Crippen MR) is 73.5 cm³/mol. The average molecular weight is 297 g/mol. The monoisotopic (exact) mass is 297 g/mol. The zero-order chi connectivity index (χ0) is 14.4. The van der Waals surface area contributed by atoms with Gasteiger partial charge in [-0.15, -0.1) is 0 Å². The summed E-state index contributed by atoms with van der Waals surface area (Å²) in [5.41, 5.74) is 6.16. The topological polar surface area (TPSA) is 107 Å². The fourth-order valence-electron chi connectivity index (χ4n) is 1.42. The van der Waals surface area contributed by atoms with Crippen LogP contribution in [0.4, 0.5) is 5.69 Å². The molecule has 0 amide bonds. The van der Waals surface area contributed by atoms with E-state index in [4.69, 9.17) is 15.0 Å². The minimum absolute atomic E-state index is 0.0512. The number of rotatable bonds is 7. The SMILES string of the molecule is Nc1ccc(OCCS(=O)(=O)NCc2ccno2)cc1. The second-order valence-corrected chi connectivity index (χ2v) is 5.96. The molecule has 0 aliphatic rings. The standard InChI is InChI=1S/C12H15N3O4S/c13-10-1-3-11(4-2-10)18-7-8-20(16,17)15-9-12-5-6-14-19-12/h1-6,15H,7-9,13H2. The van der Waals surface area contributed by atoms with Gasteiger partial charge < -0.3 is 15.0 Å². The number of hydrogen-bond acceptors (Lipinski definition) is 6. The Morgan fingerprint density at radius 3 is 2.65 bits per heavy atom. The first-order chi connectivity index (χ1) is 9.55. The molecule has 0 saturated carbocycles. The summed E-state index contributed by atoms with van der Waals surface area (Å²) >= 11 is 0. The van der Waals surface area contributed by atoms with Crippen LogP contribution in [0.15, 0.2) is 41.1 Å². The molecule has 2 aromatic rings. The minimum Gasteiger partial charge on any atom is -0.492 e. The normalized spacial score (nSPS) is 11.4. The smallest absolute Gasteiger partial charge is 0.215 e. The maximum atomic E-state index is 11.7. The molecule has 8 heteroatoms. The van der Waals surface area contributed by atoms with Crippen molar-refractivity contribution in [1.29, 1.82) is 0 Å². The quantitative estimate of drug-likeness (QED) is 0.730. The molecule has 0 spiro atoms. The van der Waals surface area contributed by atoms with Gasteiger partial charge in [0, 0.05) is 11.8 Å². The first-order valence-electron chi connectivity index (χ1n) is 5.90. The van der Waals surface area contributed by atoms with E-state index in [9.17, 15) is 8.42 Å². The summed E-state index contributed by atoms with van der Waals surface area (Å²) in [5, 5.41) is 3.49. The second-order valence-electron chi connectivity index (χ2n) is 4.04. The Balaban J connectivity index is 1.76. The Bertz CT molecular complexity index is 623. The van der Waals surface area contributed by atoms with Crippen molar-refractivity contribution in [3.05, 3.63) is 42.3 Å². The van der Waals surface area contributed by atoms with Gasteiger partial charge in [-0.3, -0.25) is 0 Å².